The Morgan fingerprint density at radius 2 is 0.900 bits per heavy atom. The number of fused-ring (bicyclic) bond motifs is 6. The molecule has 0 fully saturated rings. The molecule has 0 saturated heterocycles. The molecule has 10 aromatic rings. The van der Waals surface area contributed by atoms with E-state index < -0.39 is 0 Å². The summed E-state index contributed by atoms with van der Waals surface area (Å²) in [5.74, 6) is 1.99. The van der Waals surface area contributed by atoms with Crippen LogP contribution in [0.5, 0.6) is 0 Å². The maximum atomic E-state index is 6.35. The van der Waals surface area contributed by atoms with Crippen molar-refractivity contribution >= 4 is 55.7 Å². The van der Waals surface area contributed by atoms with Gasteiger partial charge in [0.1, 0.15) is 5.58 Å². The molecule has 0 amide bonds. The topological polar surface area (TPSA) is 51.8 Å². The monoisotopic (exact) mass is 705 g/mol. The first-order chi connectivity index (χ1) is 24.8. The van der Waals surface area contributed by atoms with Crippen molar-refractivity contribution in [3.05, 3.63) is 164 Å². The van der Waals surface area contributed by atoms with E-state index in [1.54, 1.807) is 0 Å². The first-order valence-corrected chi connectivity index (χ1v) is 18.3. The third kappa shape index (κ3) is 4.87. The molecule has 3 heterocycles. The van der Waals surface area contributed by atoms with Gasteiger partial charge in [0.15, 0.2) is 0 Å². The summed E-state index contributed by atoms with van der Waals surface area (Å²) in [4.78, 5) is 15.4. The Kier molecular flexibility index (Phi) is 6.80. The van der Waals surface area contributed by atoms with E-state index in [1.165, 1.54) is 24.9 Å². The molecule has 7 aromatic carbocycles. The molecule has 0 radical (unpaired) electrons. The van der Waals surface area contributed by atoms with Gasteiger partial charge in [0, 0.05) is 5.39 Å². The molecule has 3 aromatic heterocycles. The molecule has 0 aliphatic carbocycles. The Labute approximate surface area is 294 Å². The van der Waals surface area contributed by atoms with Gasteiger partial charge in [-0.3, -0.25) is 0 Å². The van der Waals surface area contributed by atoms with E-state index >= 15 is 0 Å². The van der Waals surface area contributed by atoms with Crippen molar-refractivity contribution in [2.24, 2.45) is 0 Å². The van der Waals surface area contributed by atoms with Gasteiger partial charge in [-0.1, -0.05) is 30.3 Å². The van der Waals surface area contributed by atoms with Crippen LogP contribution in [-0.4, -0.2) is 29.5 Å². The SMILES string of the molecule is c1ccc(-c2ccc(-c3nc(-c4ccc(-c5cccc6c5oc5ccccc56)cc4)nc(-c4cccc5c4[se]c4ccccc45)n3)cc2)cc1. The normalized spacial score (nSPS) is 11.6. The molecule has 5 heteroatoms. The van der Waals surface area contributed by atoms with Crippen LogP contribution >= 0.6 is 0 Å². The average Bonchev–Trinajstić information content (AvgIpc) is 3.77. The zero-order valence-electron chi connectivity index (χ0n) is 26.7. The minimum atomic E-state index is 0.159. The van der Waals surface area contributed by atoms with Crippen molar-refractivity contribution in [3.8, 4) is 56.4 Å². The van der Waals surface area contributed by atoms with Gasteiger partial charge < -0.3 is 0 Å². The van der Waals surface area contributed by atoms with Crippen LogP contribution in [0.15, 0.2) is 168 Å². The van der Waals surface area contributed by atoms with Crippen LogP contribution in [0.4, 0.5) is 0 Å². The summed E-state index contributed by atoms with van der Waals surface area (Å²) < 4.78 is 9.06. The van der Waals surface area contributed by atoms with Crippen LogP contribution in [0.25, 0.3) is 97.6 Å². The quantitative estimate of drug-likeness (QED) is 0.167. The van der Waals surface area contributed by atoms with Gasteiger partial charge in [0.2, 0.25) is 0 Å². The zero-order valence-corrected chi connectivity index (χ0v) is 28.5. The van der Waals surface area contributed by atoms with Crippen LogP contribution < -0.4 is 0 Å². The Bertz CT molecular complexity index is 2850. The van der Waals surface area contributed by atoms with Gasteiger partial charge >= 0.3 is 248 Å². The fraction of sp³-hybridized carbons (Fsp3) is 0. The molecule has 0 saturated carbocycles. The molecule has 0 atom stereocenters. The van der Waals surface area contributed by atoms with Crippen LogP contribution in [0, 0.1) is 0 Å². The second kappa shape index (κ2) is 11.8. The van der Waals surface area contributed by atoms with Gasteiger partial charge in [-0.05, 0) is 6.07 Å². The molecule has 0 aliphatic rings. The Balaban J connectivity index is 1.11. The Hall–Kier alpha value is -6.13. The third-order valence-corrected chi connectivity index (χ3v) is 11.9. The molecule has 50 heavy (non-hydrogen) atoms. The number of rotatable bonds is 5. The Morgan fingerprint density at radius 1 is 0.360 bits per heavy atom. The predicted molar refractivity (Wildman–Crippen MR) is 206 cm³/mol. The molecular formula is C45H27N3OSe. The van der Waals surface area contributed by atoms with E-state index in [2.05, 4.69) is 146 Å². The summed E-state index contributed by atoms with van der Waals surface area (Å²) in [7, 11) is 0. The van der Waals surface area contributed by atoms with Crippen molar-refractivity contribution in [1.82, 2.24) is 15.0 Å². The number of nitrogens with zero attached hydrogens (tertiary/aromatic N) is 3. The van der Waals surface area contributed by atoms with E-state index in [4.69, 9.17) is 19.4 Å². The van der Waals surface area contributed by atoms with Gasteiger partial charge in [0.25, 0.3) is 0 Å². The molecule has 0 aliphatic heterocycles. The number of benzene rings is 7. The number of hydrogen-bond donors (Lipinski definition) is 0. The molecule has 0 bridgehead atoms. The van der Waals surface area contributed by atoms with E-state index in [0.717, 1.165) is 55.3 Å². The first-order valence-electron chi connectivity index (χ1n) is 16.6. The molecule has 0 spiro atoms. The van der Waals surface area contributed by atoms with E-state index in [9.17, 15) is 0 Å². The molecular weight excluding hydrogens is 677 g/mol. The van der Waals surface area contributed by atoms with Crippen molar-refractivity contribution in [2.75, 3.05) is 0 Å². The standard InChI is InChI=1S/C45H27N3OSe/c1-2-10-28(11-3-1)29-20-24-31(25-21-29)43-46-44(48-45(47-43)38-17-9-16-37-35-13-5-7-19-40(35)50-42(37)38)32-26-22-30(23-27-32)33-14-8-15-36-34-12-4-6-18-39(34)49-41(33)36/h1-27H. The number of para-hydroxylation sites is 2. The van der Waals surface area contributed by atoms with E-state index in [-0.39, 0.29) is 14.5 Å². The summed E-state index contributed by atoms with van der Waals surface area (Å²) in [6.45, 7) is 0. The molecule has 234 valence electrons. The van der Waals surface area contributed by atoms with Crippen molar-refractivity contribution < 1.29 is 4.42 Å². The fourth-order valence-electron chi connectivity index (χ4n) is 6.89. The minimum absolute atomic E-state index is 0.159. The Morgan fingerprint density at radius 3 is 1.66 bits per heavy atom. The van der Waals surface area contributed by atoms with E-state index in [0.29, 0.717) is 17.5 Å². The van der Waals surface area contributed by atoms with Crippen LogP contribution in [0.2, 0.25) is 0 Å². The van der Waals surface area contributed by atoms with Gasteiger partial charge in [0.05, 0.1) is 0 Å². The first kappa shape index (κ1) is 28.8. The number of aromatic nitrogens is 3. The zero-order chi connectivity index (χ0) is 33.0. The van der Waals surface area contributed by atoms with Crippen LogP contribution in [0.1, 0.15) is 0 Å². The predicted octanol–water partition coefficient (Wildman–Crippen LogP) is 11.5. The molecule has 0 N–H and O–H groups in total. The number of furan rings is 1. The summed E-state index contributed by atoms with van der Waals surface area (Å²) >= 11 is 0.159. The van der Waals surface area contributed by atoms with Gasteiger partial charge in [-0.25, -0.2) is 0 Å². The average molecular weight is 705 g/mol. The maximum absolute atomic E-state index is 6.35. The number of hydrogen-bond acceptors (Lipinski definition) is 4. The van der Waals surface area contributed by atoms with Crippen molar-refractivity contribution in [3.63, 3.8) is 0 Å². The third-order valence-electron chi connectivity index (χ3n) is 9.39. The summed E-state index contributed by atoms with van der Waals surface area (Å²) in [6.07, 6.45) is 0. The molecule has 10 rings (SSSR count). The fourth-order valence-corrected chi connectivity index (χ4v) is 9.44. The summed E-state index contributed by atoms with van der Waals surface area (Å²) in [6, 6.07) is 57.1. The second-order valence-electron chi connectivity index (χ2n) is 12.4. The molecule has 0 unspecified atom stereocenters. The summed E-state index contributed by atoms with van der Waals surface area (Å²) in [5, 5.41) is 4.83. The summed E-state index contributed by atoms with van der Waals surface area (Å²) in [5.41, 5.74) is 9.19. The van der Waals surface area contributed by atoms with Gasteiger partial charge in [-0.2, -0.15) is 0 Å². The van der Waals surface area contributed by atoms with Crippen LogP contribution in [0.3, 0.4) is 0 Å². The van der Waals surface area contributed by atoms with E-state index in [1.807, 2.05) is 18.2 Å². The molecule has 4 nitrogen and oxygen atoms in total. The second-order valence-corrected chi connectivity index (χ2v) is 14.6. The van der Waals surface area contributed by atoms with Crippen molar-refractivity contribution in [1.29, 1.82) is 0 Å². The van der Waals surface area contributed by atoms with Crippen molar-refractivity contribution in [2.45, 2.75) is 0 Å². The van der Waals surface area contributed by atoms with Crippen LogP contribution in [-0.2, 0) is 0 Å². The van der Waals surface area contributed by atoms with Gasteiger partial charge in [-0.15, -0.1) is 0 Å².